The summed E-state index contributed by atoms with van der Waals surface area (Å²) in [5, 5.41) is 55.1. The average Bonchev–Trinajstić information content (AvgIpc) is 1.65. The molecule has 0 radical (unpaired) electrons. The molecule has 586 valence electrons. The summed E-state index contributed by atoms with van der Waals surface area (Å²) in [6.45, 7) is 17.4. The van der Waals surface area contributed by atoms with Gasteiger partial charge in [0, 0.05) is 149 Å². The van der Waals surface area contributed by atoms with Crippen LogP contribution in [0.4, 0.5) is 16.2 Å². The molecule has 1 aromatic heterocycles. The van der Waals surface area contributed by atoms with Crippen molar-refractivity contribution in [1.29, 1.82) is 0 Å². The number of phenols is 1. The fourth-order valence-electron chi connectivity index (χ4n) is 14.7. The van der Waals surface area contributed by atoms with Crippen LogP contribution in [0.1, 0.15) is 150 Å². The highest BCUT2D eigenvalue weighted by Gasteiger charge is 2.45. The largest absolute Gasteiger partial charge is 0.507 e. The predicted molar refractivity (Wildman–Crippen MR) is 405 cm³/mol. The van der Waals surface area contributed by atoms with Gasteiger partial charge in [-0.15, -0.1) is 0 Å². The molecule has 5 aromatic rings. The van der Waals surface area contributed by atoms with Crippen LogP contribution in [0.5, 0.6) is 11.5 Å². The minimum absolute atomic E-state index is 0.00353. The SMILES string of the molecule is CO[C@H]1/C=C/O[C@@]2(C)Oc3c(C)c(O)c4c(=O)c(c5oc6cc(N7CCC(CCC(=O)OCc8ccc(CC(=O)[C@H](CCCNC(N)=O)NC(=O)[C@@H](CC(=O)CCCCCN9C(=O)C=CC9=O)C(C)C)cc8)CC7)cc(=O)c6nc5c4c3=C2O)NC(=O)/C(C)=C\C=C\[C@H](C)[C@H](O)[C@@H](C)[C@@H](O)[C@@H](C)[C@H](OC(C)=O)[C@@H]1C. The number of amides is 6. The Hall–Kier alpha value is -10.3. The van der Waals surface area contributed by atoms with Gasteiger partial charge in [-0.05, 0) is 87.8 Å². The zero-order chi connectivity index (χ0) is 79.5. The van der Waals surface area contributed by atoms with Crippen molar-refractivity contribution in [1.82, 2.24) is 20.5 Å². The Morgan fingerprint density at radius 2 is 1.53 bits per heavy atom. The standard InChI is InChI=1S/C81H101N7O21/c1-42(2)55(40-54(90)19-13-12-14-33-88-61(93)26-27-62(88)94)79(102)84-56(20-16-32-83-80(82)103)57(91)37-51-21-23-52(24-22-51)41-105-63(95)28-25-50-29-34-87(35-30-50)53-38-58(92)67-60(39-53)108-76-68(85-67)64-65-72(98)48(8)75-66(64)77(100)81(10,109-75)106-36-31-59(104-11)45(5)74(107-49(9)89)47(7)71(97)46(6)70(96)43(3)17-15-18-44(4)78(101)86-69(76)73(65)99/h15,17-18,21-24,26-27,31,36,38-39,42-43,45-47,50,55-56,59,70-71,74,96-98,100H,12-14,16,19-20,25,28-30,32-35,37,40-41H2,1-11H3,(H,84,102)(H,86,101)(H3,82,83,103)/b17-15+,36-31+,44-18-/t43-,45+,46+,47+,55-,56-,59-,70-,71+,74+,81-/m0/s1. The number of aromatic nitrogens is 1. The number of hydrogen-bond acceptors (Lipinski definition) is 23. The second-order valence-corrected chi connectivity index (χ2v) is 29.7. The third-order valence-corrected chi connectivity index (χ3v) is 21.5. The number of piperidine rings is 1. The number of aliphatic hydroxyl groups is 3. The number of ether oxygens (including phenoxy) is 5. The number of fused-ring (bicyclic) bond motifs is 2. The van der Waals surface area contributed by atoms with E-state index >= 15 is 4.79 Å². The third-order valence-electron chi connectivity index (χ3n) is 21.5. The first-order valence-corrected chi connectivity index (χ1v) is 37.3. The lowest BCUT2D eigenvalue weighted by Crippen LogP contribution is -2.46. The number of carbonyl (C=O) groups is 9. The fraction of sp³-hybridized carbons (Fsp3) is 0.506. The predicted octanol–water partition coefficient (Wildman–Crippen LogP) is 8.06. The quantitative estimate of drug-likeness (QED) is 0.00852. The number of aliphatic hydroxyl groups excluding tert-OH is 3. The van der Waals surface area contributed by atoms with Crippen LogP contribution < -0.4 is 47.4 Å². The van der Waals surface area contributed by atoms with Crippen molar-refractivity contribution in [3.8, 4) is 11.5 Å². The number of allylic oxidation sites excluding steroid dienone is 2. The van der Waals surface area contributed by atoms with Gasteiger partial charge in [0.1, 0.15) is 41.2 Å². The van der Waals surface area contributed by atoms with Gasteiger partial charge in [0.15, 0.2) is 28.2 Å². The van der Waals surface area contributed by atoms with Gasteiger partial charge in [-0.2, -0.15) is 0 Å². The molecule has 4 aliphatic rings. The first-order valence-electron chi connectivity index (χ1n) is 37.3. The number of nitrogens with two attached hydrogens (primary N) is 1. The van der Waals surface area contributed by atoms with E-state index in [-0.39, 0.29) is 137 Å². The van der Waals surface area contributed by atoms with Crippen LogP contribution in [0.25, 0.3) is 38.7 Å². The van der Waals surface area contributed by atoms with E-state index in [1.807, 2.05) is 18.7 Å². The van der Waals surface area contributed by atoms with Gasteiger partial charge in [0.05, 0.1) is 41.2 Å². The average molecular weight is 1510 g/mol. The summed E-state index contributed by atoms with van der Waals surface area (Å²) in [6.07, 6.45) is 9.86. The van der Waals surface area contributed by atoms with Gasteiger partial charge in [-0.1, -0.05) is 90.5 Å². The van der Waals surface area contributed by atoms with E-state index in [2.05, 4.69) is 16.0 Å². The molecule has 1 fully saturated rings. The number of nitrogens with one attached hydrogen (secondary N) is 3. The zero-order valence-corrected chi connectivity index (χ0v) is 63.6. The summed E-state index contributed by atoms with van der Waals surface area (Å²) < 4.78 is 36.4. The monoisotopic (exact) mass is 1510 g/mol. The minimum atomic E-state index is -2.06. The molecule has 5 heterocycles. The van der Waals surface area contributed by atoms with E-state index < -0.39 is 129 Å². The maximum Gasteiger partial charge on any atom is 0.312 e. The Kier molecular flexibility index (Phi) is 27.5. The first-order chi connectivity index (χ1) is 51.7. The number of carbonyl (C=O) groups excluding carboxylic acids is 9. The second-order valence-electron chi connectivity index (χ2n) is 29.7. The van der Waals surface area contributed by atoms with E-state index in [0.29, 0.717) is 74.8 Å². The van der Waals surface area contributed by atoms with E-state index in [1.165, 1.54) is 71.4 Å². The number of aromatic hydroxyl groups is 1. The van der Waals surface area contributed by atoms with Crippen LogP contribution >= 0.6 is 0 Å². The topological polar surface area (TPSA) is 409 Å². The molecule has 28 nitrogen and oxygen atoms in total. The van der Waals surface area contributed by atoms with Crippen molar-refractivity contribution >= 4 is 103 Å². The number of rotatable bonds is 26. The molecule has 9 rings (SSSR count). The summed E-state index contributed by atoms with van der Waals surface area (Å²) >= 11 is 0. The molecule has 4 bridgehead atoms. The number of hydrogen-bond donors (Lipinski definition) is 8. The number of primary amides is 1. The van der Waals surface area contributed by atoms with Crippen molar-refractivity contribution in [3.05, 3.63) is 127 Å². The summed E-state index contributed by atoms with van der Waals surface area (Å²) in [5.41, 5.74) is 4.38. The Labute approximate surface area is 631 Å². The summed E-state index contributed by atoms with van der Waals surface area (Å²) in [4.78, 5) is 154. The van der Waals surface area contributed by atoms with Crippen LogP contribution in [0.2, 0.25) is 0 Å². The van der Waals surface area contributed by atoms with E-state index in [1.54, 1.807) is 70.2 Å². The third kappa shape index (κ3) is 19.6. The normalized spacial score (nSPS) is 23.8. The summed E-state index contributed by atoms with van der Waals surface area (Å²) in [7, 11) is 1.42. The fourth-order valence-corrected chi connectivity index (χ4v) is 14.7. The lowest BCUT2D eigenvalue weighted by atomic mass is 9.78. The van der Waals surface area contributed by atoms with E-state index in [9.17, 15) is 68.4 Å². The van der Waals surface area contributed by atoms with Crippen LogP contribution in [0.15, 0.2) is 98.7 Å². The second kappa shape index (κ2) is 36.3. The smallest absolute Gasteiger partial charge is 0.312 e. The number of unbranched alkanes of at least 4 members (excludes halogenated alkanes) is 2. The first kappa shape index (κ1) is 82.7. The zero-order valence-electron chi connectivity index (χ0n) is 63.6. The molecule has 1 saturated heterocycles. The van der Waals surface area contributed by atoms with Crippen LogP contribution in [-0.2, 0) is 70.3 Å². The highest BCUT2D eigenvalue weighted by atomic mass is 16.7. The van der Waals surface area contributed by atoms with Gasteiger partial charge in [-0.25, -0.2) is 9.78 Å². The molecule has 4 aliphatic heterocycles. The molecule has 0 spiro atoms. The van der Waals surface area contributed by atoms with Crippen LogP contribution in [-0.4, -0.2) is 153 Å². The Morgan fingerprint density at radius 3 is 2.19 bits per heavy atom. The Balaban J connectivity index is 0.872. The van der Waals surface area contributed by atoms with Crippen molar-refractivity contribution < 1.29 is 91.7 Å². The highest BCUT2D eigenvalue weighted by Crippen LogP contribution is 2.43. The molecule has 109 heavy (non-hydrogen) atoms. The number of imide groups is 1. The van der Waals surface area contributed by atoms with E-state index in [0.717, 1.165) is 4.90 Å². The number of phenolic OH excluding ortho intramolecular Hbond substituents is 1. The summed E-state index contributed by atoms with van der Waals surface area (Å²) in [5.74, 6) is -10.3. The van der Waals surface area contributed by atoms with E-state index in [4.69, 9.17) is 38.8 Å². The molecule has 11 atom stereocenters. The number of urea groups is 1. The lowest BCUT2D eigenvalue weighted by molar-refractivity contribution is -0.160. The molecular formula is C81H101N7O21. The Morgan fingerprint density at radius 1 is 0.844 bits per heavy atom. The number of esters is 2. The molecule has 0 aliphatic carbocycles. The van der Waals surface area contributed by atoms with Crippen LogP contribution in [0, 0.1) is 48.3 Å². The number of methoxy groups -OCH3 is 1. The Bertz CT molecular complexity index is 4600. The maximum absolute atomic E-state index is 15.2. The molecule has 0 saturated carbocycles. The number of nitrogens with zero attached hydrogens (tertiary/aromatic N) is 3. The molecule has 28 heteroatoms. The van der Waals surface area contributed by atoms with Gasteiger partial charge < -0.3 is 75.1 Å². The van der Waals surface area contributed by atoms with Crippen molar-refractivity contribution in [2.75, 3.05) is 43.5 Å². The van der Waals surface area contributed by atoms with Gasteiger partial charge in [0.2, 0.25) is 16.8 Å². The summed E-state index contributed by atoms with van der Waals surface area (Å²) in [6, 6.07) is 8.28. The molecular weight excluding hydrogens is 1410 g/mol. The lowest BCUT2D eigenvalue weighted by Gasteiger charge is -2.38. The van der Waals surface area contributed by atoms with Gasteiger partial charge in [0.25, 0.3) is 17.7 Å². The van der Waals surface area contributed by atoms with Gasteiger partial charge >= 0.3 is 23.8 Å². The number of Topliss-reactive ketones (excluding diaryl/α,β-unsaturated/α-hetero) is 2. The number of benzene rings is 4. The maximum atomic E-state index is 15.2. The molecule has 4 aromatic carbocycles. The van der Waals surface area contributed by atoms with Crippen LogP contribution in [0.3, 0.4) is 0 Å². The van der Waals surface area contributed by atoms with Crippen molar-refractivity contribution in [2.45, 2.75) is 189 Å². The van der Waals surface area contributed by atoms with Gasteiger partial charge in [-0.3, -0.25) is 52.8 Å². The highest BCUT2D eigenvalue weighted by molar-refractivity contribution is 6.17. The molecule has 9 N–H and O–H groups in total. The van der Waals surface area contributed by atoms with Crippen molar-refractivity contribution in [3.63, 3.8) is 0 Å². The number of anilines is 2. The number of ketones is 2. The minimum Gasteiger partial charge on any atom is -0.507 e. The van der Waals surface area contributed by atoms with Crippen molar-refractivity contribution in [2.24, 2.45) is 47.2 Å². The molecule has 6 amide bonds. The molecule has 0 unspecified atom stereocenters.